The number of aromatic nitrogens is 2. The van der Waals surface area contributed by atoms with Crippen LogP contribution >= 0.6 is 0 Å². The van der Waals surface area contributed by atoms with Gasteiger partial charge in [0.2, 0.25) is 0 Å². The molecular formula is C17H21N3. The minimum atomic E-state index is 0.0384. The molecule has 4 rings (SSSR count). The Hall–Kier alpha value is -1.48. The van der Waals surface area contributed by atoms with Crippen LogP contribution in [0.25, 0.3) is 11.0 Å². The maximum atomic E-state index is 6.40. The standard InChI is InChI=1S/C17H21N3/c18-14(9-13-8-11-5-6-12(13)7-11)17-10-19-15-3-1-2-4-16(15)20-17/h1-4,10-14H,5-9,18H2. The highest BCUT2D eigenvalue weighted by Gasteiger charge is 2.39. The predicted molar refractivity (Wildman–Crippen MR) is 80.0 cm³/mol. The topological polar surface area (TPSA) is 51.8 Å². The van der Waals surface area contributed by atoms with Gasteiger partial charge in [-0.05, 0) is 55.6 Å². The third kappa shape index (κ3) is 2.10. The van der Waals surface area contributed by atoms with Crippen molar-refractivity contribution >= 4 is 11.0 Å². The summed E-state index contributed by atoms with van der Waals surface area (Å²) in [4.78, 5) is 9.17. The lowest BCUT2D eigenvalue weighted by atomic mass is 9.84. The van der Waals surface area contributed by atoms with Crippen molar-refractivity contribution < 1.29 is 0 Å². The number of nitrogens with zero attached hydrogens (tertiary/aromatic N) is 2. The van der Waals surface area contributed by atoms with Crippen LogP contribution in [-0.2, 0) is 0 Å². The smallest absolute Gasteiger partial charge is 0.0890 e. The van der Waals surface area contributed by atoms with Crippen LogP contribution in [0.1, 0.15) is 43.8 Å². The molecule has 1 aromatic heterocycles. The first-order valence-electron chi connectivity index (χ1n) is 7.77. The second-order valence-corrected chi connectivity index (χ2v) is 6.56. The van der Waals surface area contributed by atoms with E-state index in [9.17, 15) is 0 Å². The Kier molecular flexibility index (Phi) is 2.95. The van der Waals surface area contributed by atoms with Crippen LogP contribution in [0.2, 0.25) is 0 Å². The maximum absolute atomic E-state index is 6.40. The molecule has 4 atom stereocenters. The van der Waals surface area contributed by atoms with Gasteiger partial charge in [-0.25, -0.2) is 4.98 Å². The van der Waals surface area contributed by atoms with Crippen LogP contribution in [0.5, 0.6) is 0 Å². The highest BCUT2D eigenvalue weighted by atomic mass is 14.8. The van der Waals surface area contributed by atoms with Gasteiger partial charge in [-0.2, -0.15) is 0 Å². The number of hydrogen-bond donors (Lipinski definition) is 1. The maximum Gasteiger partial charge on any atom is 0.0890 e. The Morgan fingerprint density at radius 1 is 1.15 bits per heavy atom. The van der Waals surface area contributed by atoms with Gasteiger partial charge in [-0.15, -0.1) is 0 Å². The molecule has 104 valence electrons. The van der Waals surface area contributed by atoms with Gasteiger partial charge in [-0.3, -0.25) is 4.98 Å². The summed E-state index contributed by atoms with van der Waals surface area (Å²) < 4.78 is 0. The second-order valence-electron chi connectivity index (χ2n) is 6.56. The summed E-state index contributed by atoms with van der Waals surface area (Å²) in [6, 6.07) is 8.04. The summed E-state index contributed by atoms with van der Waals surface area (Å²) in [5.74, 6) is 2.73. The number of fused-ring (bicyclic) bond motifs is 3. The Bertz CT molecular complexity index is 624. The lowest BCUT2D eigenvalue weighted by Crippen LogP contribution is -2.20. The van der Waals surface area contributed by atoms with Crippen molar-refractivity contribution in [3.8, 4) is 0 Å². The third-order valence-corrected chi connectivity index (χ3v) is 5.29. The van der Waals surface area contributed by atoms with E-state index in [1.807, 2.05) is 30.5 Å². The van der Waals surface area contributed by atoms with Crippen LogP contribution in [0.15, 0.2) is 30.5 Å². The molecule has 2 aromatic rings. The van der Waals surface area contributed by atoms with E-state index in [2.05, 4.69) is 4.98 Å². The van der Waals surface area contributed by atoms with Crippen molar-refractivity contribution in [2.45, 2.75) is 38.1 Å². The molecule has 0 spiro atoms. The van der Waals surface area contributed by atoms with E-state index in [1.54, 1.807) is 0 Å². The number of rotatable bonds is 3. The fourth-order valence-electron chi connectivity index (χ4n) is 4.26. The van der Waals surface area contributed by atoms with Crippen LogP contribution < -0.4 is 5.73 Å². The van der Waals surface area contributed by atoms with E-state index in [0.29, 0.717) is 0 Å². The molecule has 0 saturated heterocycles. The van der Waals surface area contributed by atoms with E-state index < -0.39 is 0 Å². The first-order valence-corrected chi connectivity index (χ1v) is 7.77. The molecule has 2 aliphatic rings. The van der Waals surface area contributed by atoms with Crippen molar-refractivity contribution in [2.75, 3.05) is 0 Å². The van der Waals surface area contributed by atoms with Crippen LogP contribution in [0.3, 0.4) is 0 Å². The molecule has 2 N–H and O–H groups in total. The molecule has 2 bridgehead atoms. The Morgan fingerprint density at radius 3 is 2.75 bits per heavy atom. The fraction of sp³-hybridized carbons (Fsp3) is 0.529. The number of hydrogen-bond acceptors (Lipinski definition) is 3. The monoisotopic (exact) mass is 267 g/mol. The molecule has 1 aromatic carbocycles. The fourth-order valence-corrected chi connectivity index (χ4v) is 4.26. The Labute approximate surface area is 119 Å². The Balaban J connectivity index is 1.53. The van der Waals surface area contributed by atoms with Crippen molar-refractivity contribution in [3.63, 3.8) is 0 Å². The average Bonchev–Trinajstić information content (AvgIpc) is 3.09. The van der Waals surface area contributed by atoms with Crippen molar-refractivity contribution in [1.29, 1.82) is 0 Å². The number of benzene rings is 1. The largest absolute Gasteiger partial charge is 0.323 e. The zero-order chi connectivity index (χ0) is 13.5. The molecule has 2 fully saturated rings. The molecule has 3 nitrogen and oxygen atoms in total. The normalized spacial score (nSPS) is 29.9. The average molecular weight is 267 g/mol. The SMILES string of the molecule is NC(CC1CC2CCC1C2)c1cnc2ccccc2n1. The first kappa shape index (κ1) is 12.3. The highest BCUT2D eigenvalue weighted by Crippen LogP contribution is 2.50. The second kappa shape index (κ2) is 4.81. The number of para-hydroxylation sites is 2. The van der Waals surface area contributed by atoms with E-state index >= 15 is 0 Å². The lowest BCUT2D eigenvalue weighted by molar-refractivity contribution is 0.294. The van der Waals surface area contributed by atoms with E-state index in [-0.39, 0.29) is 6.04 Å². The molecule has 20 heavy (non-hydrogen) atoms. The predicted octanol–water partition coefficient (Wildman–Crippen LogP) is 3.46. The molecule has 0 radical (unpaired) electrons. The number of nitrogens with two attached hydrogens (primary N) is 1. The van der Waals surface area contributed by atoms with Gasteiger partial charge in [0.15, 0.2) is 0 Å². The first-order chi connectivity index (χ1) is 9.79. The molecular weight excluding hydrogens is 246 g/mol. The zero-order valence-electron chi connectivity index (χ0n) is 11.7. The zero-order valence-corrected chi connectivity index (χ0v) is 11.7. The summed E-state index contributed by atoms with van der Waals surface area (Å²) in [6.45, 7) is 0. The quantitative estimate of drug-likeness (QED) is 0.926. The molecule has 0 amide bonds. The summed E-state index contributed by atoms with van der Waals surface area (Å²) in [5.41, 5.74) is 9.25. The minimum absolute atomic E-state index is 0.0384. The summed E-state index contributed by atoms with van der Waals surface area (Å²) >= 11 is 0. The van der Waals surface area contributed by atoms with Gasteiger partial charge >= 0.3 is 0 Å². The summed E-state index contributed by atoms with van der Waals surface area (Å²) in [7, 11) is 0. The van der Waals surface area contributed by atoms with E-state index in [4.69, 9.17) is 10.7 Å². The van der Waals surface area contributed by atoms with Crippen LogP contribution in [0.4, 0.5) is 0 Å². The third-order valence-electron chi connectivity index (χ3n) is 5.29. The van der Waals surface area contributed by atoms with Crippen molar-refractivity contribution in [2.24, 2.45) is 23.5 Å². The summed E-state index contributed by atoms with van der Waals surface area (Å²) in [6.07, 6.45) is 8.65. The van der Waals surface area contributed by atoms with Crippen molar-refractivity contribution in [3.05, 3.63) is 36.2 Å². The minimum Gasteiger partial charge on any atom is -0.323 e. The van der Waals surface area contributed by atoms with E-state index in [1.165, 1.54) is 25.7 Å². The van der Waals surface area contributed by atoms with Gasteiger partial charge in [0.25, 0.3) is 0 Å². The molecule has 1 heterocycles. The van der Waals surface area contributed by atoms with Crippen molar-refractivity contribution in [1.82, 2.24) is 9.97 Å². The summed E-state index contributed by atoms with van der Waals surface area (Å²) in [5, 5.41) is 0. The van der Waals surface area contributed by atoms with Gasteiger partial charge < -0.3 is 5.73 Å². The highest BCUT2D eigenvalue weighted by molar-refractivity contribution is 5.73. The Morgan fingerprint density at radius 2 is 2.00 bits per heavy atom. The van der Waals surface area contributed by atoms with E-state index in [0.717, 1.165) is 40.9 Å². The molecule has 4 unspecified atom stereocenters. The molecule has 0 aliphatic heterocycles. The van der Waals surface area contributed by atoms with Gasteiger partial charge in [-0.1, -0.05) is 18.6 Å². The van der Waals surface area contributed by atoms with Crippen LogP contribution in [0, 0.1) is 17.8 Å². The molecule has 3 heteroatoms. The molecule has 2 saturated carbocycles. The lowest BCUT2D eigenvalue weighted by Gasteiger charge is -2.24. The molecule has 2 aliphatic carbocycles. The van der Waals surface area contributed by atoms with Gasteiger partial charge in [0, 0.05) is 6.04 Å². The van der Waals surface area contributed by atoms with Crippen LogP contribution in [-0.4, -0.2) is 9.97 Å². The van der Waals surface area contributed by atoms with Gasteiger partial charge in [0.05, 0.1) is 22.9 Å². The van der Waals surface area contributed by atoms with Gasteiger partial charge in [0.1, 0.15) is 0 Å².